The van der Waals surface area contributed by atoms with Crippen LogP contribution in [0.15, 0.2) is 46.0 Å². The van der Waals surface area contributed by atoms with Gasteiger partial charge in [0.1, 0.15) is 4.21 Å². The predicted molar refractivity (Wildman–Crippen MR) is 95.8 cm³/mol. The molecule has 0 saturated carbocycles. The lowest BCUT2D eigenvalue weighted by atomic mass is 10.1. The summed E-state index contributed by atoms with van der Waals surface area (Å²) in [6, 6.07) is 11.1. The summed E-state index contributed by atoms with van der Waals surface area (Å²) in [5.41, 5.74) is 1.76. The number of amides is 1. The highest BCUT2D eigenvalue weighted by molar-refractivity contribution is 7.91. The number of nitrogens with zero attached hydrogens (tertiary/aromatic N) is 2. The quantitative estimate of drug-likeness (QED) is 0.838. The van der Waals surface area contributed by atoms with Gasteiger partial charge in [-0.15, -0.1) is 11.3 Å². The molecule has 0 spiro atoms. The topological polar surface area (TPSA) is 57.7 Å². The lowest BCUT2D eigenvalue weighted by Crippen LogP contribution is -2.35. The van der Waals surface area contributed by atoms with Gasteiger partial charge in [0.25, 0.3) is 10.0 Å². The molecule has 1 aliphatic rings. The van der Waals surface area contributed by atoms with Gasteiger partial charge in [-0.2, -0.15) is 4.31 Å². The van der Waals surface area contributed by atoms with E-state index >= 15 is 0 Å². The largest absolute Gasteiger partial charge is 0.315 e. The maximum absolute atomic E-state index is 12.7. The third kappa shape index (κ3) is 3.24. The van der Waals surface area contributed by atoms with Crippen molar-refractivity contribution in [2.75, 3.05) is 25.0 Å². The second kappa shape index (κ2) is 6.66. The standard InChI is InChI=1S/C17H20N2O3S2/c1-13-10-16(23-12-13)24(21,22)19-9-8-14(11-19)17(20)18(2)15-6-4-3-5-7-15/h3-7,10,12,14H,8-9,11H2,1-2H3. The number of para-hydroxylation sites is 1. The average molecular weight is 364 g/mol. The lowest BCUT2D eigenvalue weighted by Gasteiger charge is -2.21. The van der Waals surface area contributed by atoms with Crippen LogP contribution in [0.3, 0.4) is 0 Å². The molecule has 1 fully saturated rings. The molecule has 0 bridgehead atoms. The molecule has 1 aliphatic heterocycles. The molecular weight excluding hydrogens is 344 g/mol. The first-order valence-corrected chi connectivity index (χ1v) is 10.1. The highest BCUT2D eigenvalue weighted by atomic mass is 32.2. The van der Waals surface area contributed by atoms with Crippen molar-refractivity contribution in [1.82, 2.24) is 4.31 Å². The Morgan fingerprint density at radius 1 is 1.29 bits per heavy atom. The van der Waals surface area contributed by atoms with Crippen molar-refractivity contribution >= 4 is 33.0 Å². The molecule has 1 saturated heterocycles. The normalized spacial score (nSPS) is 18.7. The molecule has 1 aromatic heterocycles. The fourth-order valence-electron chi connectivity index (χ4n) is 2.87. The molecule has 1 atom stereocenters. The van der Waals surface area contributed by atoms with Crippen LogP contribution in [-0.4, -0.2) is 38.8 Å². The van der Waals surface area contributed by atoms with Gasteiger partial charge < -0.3 is 4.90 Å². The Morgan fingerprint density at radius 3 is 2.62 bits per heavy atom. The summed E-state index contributed by atoms with van der Waals surface area (Å²) >= 11 is 1.23. The van der Waals surface area contributed by atoms with E-state index in [1.54, 1.807) is 18.0 Å². The Bertz CT molecular complexity index is 831. The van der Waals surface area contributed by atoms with Crippen LogP contribution < -0.4 is 4.90 Å². The van der Waals surface area contributed by atoms with E-state index in [1.807, 2.05) is 42.6 Å². The zero-order valence-corrected chi connectivity index (χ0v) is 15.3. The first kappa shape index (κ1) is 17.1. The number of hydrogen-bond acceptors (Lipinski definition) is 4. The maximum Gasteiger partial charge on any atom is 0.252 e. The molecule has 1 aromatic carbocycles. The van der Waals surface area contributed by atoms with Crippen molar-refractivity contribution in [2.24, 2.45) is 5.92 Å². The van der Waals surface area contributed by atoms with Gasteiger partial charge in [-0.25, -0.2) is 8.42 Å². The molecule has 24 heavy (non-hydrogen) atoms. The second-order valence-electron chi connectivity index (χ2n) is 6.02. The summed E-state index contributed by atoms with van der Waals surface area (Å²) in [7, 11) is -1.76. The van der Waals surface area contributed by atoms with Crippen LogP contribution in [0, 0.1) is 12.8 Å². The van der Waals surface area contributed by atoms with E-state index in [9.17, 15) is 13.2 Å². The fraction of sp³-hybridized carbons (Fsp3) is 0.353. The van der Waals surface area contributed by atoms with Crippen LogP contribution in [-0.2, 0) is 14.8 Å². The van der Waals surface area contributed by atoms with Crippen molar-refractivity contribution in [3.63, 3.8) is 0 Å². The van der Waals surface area contributed by atoms with Gasteiger partial charge in [0.05, 0.1) is 5.92 Å². The van der Waals surface area contributed by atoms with Gasteiger partial charge in [0, 0.05) is 25.8 Å². The molecular formula is C17H20N2O3S2. The molecule has 0 N–H and O–H groups in total. The molecule has 128 valence electrons. The Labute approximate surface area is 146 Å². The summed E-state index contributed by atoms with van der Waals surface area (Å²) in [5.74, 6) is -0.340. The molecule has 2 heterocycles. The summed E-state index contributed by atoms with van der Waals surface area (Å²) in [6.45, 7) is 2.51. The van der Waals surface area contributed by atoms with Gasteiger partial charge in [0.2, 0.25) is 5.91 Å². The number of carbonyl (C=O) groups excluding carboxylic acids is 1. The van der Waals surface area contributed by atoms with Crippen molar-refractivity contribution < 1.29 is 13.2 Å². The zero-order valence-electron chi connectivity index (χ0n) is 13.7. The van der Waals surface area contributed by atoms with Gasteiger partial charge in [-0.05, 0) is 42.5 Å². The Hall–Kier alpha value is -1.70. The highest BCUT2D eigenvalue weighted by Gasteiger charge is 2.37. The van der Waals surface area contributed by atoms with E-state index < -0.39 is 10.0 Å². The van der Waals surface area contributed by atoms with Crippen molar-refractivity contribution in [3.05, 3.63) is 47.3 Å². The van der Waals surface area contributed by atoms with E-state index in [0.717, 1.165) is 11.3 Å². The summed E-state index contributed by atoms with van der Waals surface area (Å²) < 4.78 is 27.1. The number of anilines is 1. The molecule has 0 aliphatic carbocycles. The highest BCUT2D eigenvalue weighted by Crippen LogP contribution is 2.29. The van der Waals surface area contributed by atoms with Crippen molar-refractivity contribution in [3.8, 4) is 0 Å². The zero-order chi connectivity index (χ0) is 17.3. The van der Waals surface area contributed by atoms with Gasteiger partial charge in [-0.3, -0.25) is 4.79 Å². The molecule has 1 amide bonds. The SMILES string of the molecule is Cc1csc(S(=O)(=O)N2CCC(C(=O)N(C)c3ccccc3)C2)c1. The average Bonchev–Trinajstić information content (AvgIpc) is 3.24. The van der Waals surface area contributed by atoms with Crippen LogP contribution in [0.5, 0.6) is 0 Å². The Morgan fingerprint density at radius 2 is 2.00 bits per heavy atom. The minimum atomic E-state index is -3.49. The summed E-state index contributed by atoms with van der Waals surface area (Å²) in [4.78, 5) is 14.3. The number of sulfonamides is 1. The minimum absolute atomic E-state index is 0.0405. The number of rotatable bonds is 4. The van der Waals surface area contributed by atoms with Gasteiger partial charge >= 0.3 is 0 Å². The molecule has 2 aromatic rings. The molecule has 5 nitrogen and oxygen atoms in total. The minimum Gasteiger partial charge on any atom is -0.315 e. The van der Waals surface area contributed by atoms with E-state index in [4.69, 9.17) is 0 Å². The summed E-state index contributed by atoms with van der Waals surface area (Å²) in [5, 5.41) is 1.83. The Kier molecular flexibility index (Phi) is 4.76. The maximum atomic E-state index is 12.7. The second-order valence-corrected chi connectivity index (χ2v) is 9.10. The molecule has 0 radical (unpaired) electrons. The number of carbonyl (C=O) groups is 1. The van der Waals surface area contributed by atoms with E-state index in [2.05, 4.69) is 0 Å². The van der Waals surface area contributed by atoms with Gasteiger partial charge in [0.15, 0.2) is 0 Å². The third-order valence-corrected chi connectivity index (χ3v) is 7.67. The van der Waals surface area contributed by atoms with Crippen LogP contribution >= 0.6 is 11.3 Å². The van der Waals surface area contributed by atoms with E-state index in [-0.39, 0.29) is 18.4 Å². The van der Waals surface area contributed by atoms with Crippen LogP contribution in [0.2, 0.25) is 0 Å². The van der Waals surface area contributed by atoms with Crippen molar-refractivity contribution in [2.45, 2.75) is 17.6 Å². The Balaban J connectivity index is 1.72. The molecule has 3 rings (SSSR count). The van der Waals surface area contributed by atoms with Gasteiger partial charge in [-0.1, -0.05) is 18.2 Å². The van der Waals surface area contributed by atoms with Crippen LogP contribution in [0.4, 0.5) is 5.69 Å². The molecule has 1 unspecified atom stereocenters. The predicted octanol–water partition coefficient (Wildman–Crippen LogP) is 2.73. The number of aryl methyl sites for hydroxylation is 1. The number of thiophene rings is 1. The van der Waals surface area contributed by atoms with Crippen molar-refractivity contribution in [1.29, 1.82) is 0 Å². The van der Waals surface area contributed by atoms with E-state index in [1.165, 1.54) is 15.6 Å². The fourth-order valence-corrected chi connectivity index (χ4v) is 5.75. The third-order valence-electron chi connectivity index (χ3n) is 4.27. The first-order chi connectivity index (χ1) is 11.4. The monoisotopic (exact) mass is 364 g/mol. The van der Waals surface area contributed by atoms with E-state index in [0.29, 0.717) is 17.2 Å². The number of benzene rings is 1. The smallest absolute Gasteiger partial charge is 0.252 e. The van der Waals surface area contributed by atoms with Crippen LogP contribution in [0.1, 0.15) is 12.0 Å². The summed E-state index contributed by atoms with van der Waals surface area (Å²) in [6.07, 6.45) is 0.555. The first-order valence-electron chi connectivity index (χ1n) is 7.77. The van der Waals surface area contributed by atoms with Crippen LogP contribution in [0.25, 0.3) is 0 Å². The number of hydrogen-bond donors (Lipinski definition) is 0. The lowest BCUT2D eigenvalue weighted by molar-refractivity contribution is -0.121. The molecule has 7 heteroatoms.